The highest BCUT2D eigenvalue weighted by Crippen LogP contribution is 2.26. The molecule has 1 aliphatic heterocycles. The molecule has 0 aliphatic carbocycles. The zero-order valence-corrected chi connectivity index (χ0v) is 11.8. The number of phenolic OH excluding ortho intramolecular Hbond substituents is 1. The average Bonchev–Trinajstić information content (AvgIpc) is 2.39. The number of carbonyl (C=O) groups excluding carboxylic acids is 1. The van der Waals surface area contributed by atoms with Gasteiger partial charge in [-0.2, -0.15) is 4.31 Å². The van der Waals surface area contributed by atoms with Gasteiger partial charge >= 0.3 is 0 Å². The zero-order chi connectivity index (χ0) is 14.8. The Bertz CT molecular complexity index is 575. The normalized spacial score (nSPS) is 18.0. The molecule has 1 fully saturated rings. The number of sulfonamides is 1. The summed E-state index contributed by atoms with van der Waals surface area (Å²) >= 11 is 0. The molecule has 1 aromatic rings. The van der Waals surface area contributed by atoms with E-state index in [4.69, 9.17) is 5.73 Å². The van der Waals surface area contributed by atoms with Crippen LogP contribution in [0.5, 0.6) is 5.75 Å². The van der Waals surface area contributed by atoms with Crippen LogP contribution < -0.4 is 5.73 Å². The zero-order valence-electron chi connectivity index (χ0n) is 11.0. The van der Waals surface area contributed by atoms with E-state index in [-0.39, 0.29) is 22.5 Å². The maximum Gasteiger partial charge on any atom is 0.243 e. The Hall–Kier alpha value is -1.60. The topological polar surface area (TPSA) is 101 Å². The minimum absolute atomic E-state index is 0.0316. The molecule has 7 heteroatoms. The largest absolute Gasteiger partial charge is 0.508 e. The number of amides is 1. The molecule has 0 spiro atoms. The molecule has 3 N–H and O–H groups in total. The molecule has 0 aromatic heterocycles. The van der Waals surface area contributed by atoms with Crippen molar-refractivity contribution in [1.82, 2.24) is 4.31 Å². The monoisotopic (exact) mass is 298 g/mol. The van der Waals surface area contributed by atoms with Crippen molar-refractivity contribution >= 4 is 15.9 Å². The summed E-state index contributed by atoms with van der Waals surface area (Å²) < 4.78 is 26.2. The summed E-state index contributed by atoms with van der Waals surface area (Å²) in [4.78, 5) is 11.0. The molecule has 1 heterocycles. The molecule has 1 aliphatic rings. The van der Waals surface area contributed by atoms with Crippen molar-refractivity contribution in [2.24, 2.45) is 11.7 Å². The quantitative estimate of drug-likeness (QED) is 0.853. The van der Waals surface area contributed by atoms with Gasteiger partial charge in [0.25, 0.3) is 0 Å². The fourth-order valence-corrected chi connectivity index (χ4v) is 3.88. The van der Waals surface area contributed by atoms with Gasteiger partial charge in [-0.15, -0.1) is 0 Å². The molecule has 110 valence electrons. The minimum Gasteiger partial charge on any atom is -0.508 e. The summed E-state index contributed by atoms with van der Waals surface area (Å²) in [5.41, 5.74) is 5.15. The third-order valence-electron chi connectivity index (χ3n) is 3.54. The Labute approximate surface area is 118 Å². The van der Waals surface area contributed by atoms with Crippen molar-refractivity contribution < 1.29 is 18.3 Å². The van der Waals surface area contributed by atoms with Crippen LogP contribution in [0.3, 0.4) is 0 Å². The number of aromatic hydroxyl groups is 1. The molecule has 1 aromatic carbocycles. The molecule has 20 heavy (non-hydrogen) atoms. The van der Waals surface area contributed by atoms with Crippen molar-refractivity contribution in [2.45, 2.75) is 24.2 Å². The number of nitrogens with zero attached hydrogens (tertiary/aromatic N) is 1. The van der Waals surface area contributed by atoms with Gasteiger partial charge in [0, 0.05) is 19.5 Å². The fourth-order valence-electron chi connectivity index (χ4n) is 2.41. The van der Waals surface area contributed by atoms with Crippen LogP contribution in [0.4, 0.5) is 0 Å². The Morgan fingerprint density at radius 3 is 2.30 bits per heavy atom. The van der Waals surface area contributed by atoms with Crippen molar-refractivity contribution in [2.75, 3.05) is 13.1 Å². The van der Waals surface area contributed by atoms with Gasteiger partial charge in [0.2, 0.25) is 15.9 Å². The summed E-state index contributed by atoms with van der Waals surface area (Å²) in [6.07, 6.45) is 1.59. The van der Waals surface area contributed by atoms with Crippen molar-refractivity contribution in [3.8, 4) is 5.75 Å². The van der Waals surface area contributed by atoms with Crippen molar-refractivity contribution in [3.05, 3.63) is 24.3 Å². The smallest absolute Gasteiger partial charge is 0.243 e. The van der Waals surface area contributed by atoms with Gasteiger partial charge in [0.1, 0.15) is 5.75 Å². The predicted octanol–water partition coefficient (Wildman–Crippen LogP) is 0.668. The Morgan fingerprint density at radius 2 is 1.80 bits per heavy atom. The predicted molar refractivity (Wildman–Crippen MR) is 73.4 cm³/mol. The second kappa shape index (κ2) is 5.80. The SMILES string of the molecule is NC(=O)CC1CCN(S(=O)(=O)c2ccc(O)cc2)CC1. The lowest BCUT2D eigenvalue weighted by Gasteiger charge is -2.30. The Morgan fingerprint density at radius 1 is 1.25 bits per heavy atom. The fraction of sp³-hybridized carbons (Fsp3) is 0.462. The number of primary amides is 1. The van der Waals surface area contributed by atoms with Gasteiger partial charge in [0.15, 0.2) is 0 Å². The summed E-state index contributed by atoms with van der Waals surface area (Å²) in [5, 5.41) is 9.20. The number of nitrogens with two attached hydrogens (primary N) is 1. The lowest BCUT2D eigenvalue weighted by molar-refractivity contribution is -0.119. The third-order valence-corrected chi connectivity index (χ3v) is 5.45. The number of carbonyl (C=O) groups is 1. The van der Waals surface area contributed by atoms with Crippen LogP contribution in [0.1, 0.15) is 19.3 Å². The number of benzene rings is 1. The lowest BCUT2D eigenvalue weighted by atomic mass is 9.94. The van der Waals surface area contributed by atoms with E-state index in [1.54, 1.807) is 0 Å². The van der Waals surface area contributed by atoms with Gasteiger partial charge in [-0.05, 0) is 43.0 Å². The van der Waals surface area contributed by atoms with E-state index in [9.17, 15) is 18.3 Å². The molecular formula is C13H18N2O4S. The molecule has 0 bridgehead atoms. The van der Waals surface area contributed by atoms with Crippen LogP contribution in [0.25, 0.3) is 0 Å². The van der Waals surface area contributed by atoms with E-state index in [0.717, 1.165) is 0 Å². The second-order valence-corrected chi connectivity index (χ2v) is 6.95. The van der Waals surface area contributed by atoms with Crippen LogP contribution in [0, 0.1) is 5.92 Å². The van der Waals surface area contributed by atoms with Gasteiger partial charge in [-0.1, -0.05) is 0 Å². The van der Waals surface area contributed by atoms with Crippen LogP contribution in [-0.2, 0) is 14.8 Å². The second-order valence-electron chi connectivity index (χ2n) is 5.01. The highest BCUT2D eigenvalue weighted by Gasteiger charge is 2.29. The van der Waals surface area contributed by atoms with Gasteiger partial charge in [-0.3, -0.25) is 4.79 Å². The summed E-state index contributed by atoms with van der Waals surface area (Å²) in [5.74, 6) is -0.146. The van der Waals surface area contributed by atoms with Crippen LogP contribution in [0.15, 0.2) is 29.2 Å². The molecule has 0 radical (unpaired) electrons. The molecule has 0 unspecified atom stereocenters. The van der Waals surface area contributed by atoms with Crippen LogP contribution in [0.2, 0.25) is 0 Å². The highest BCUT2D eigenvalue weighted by atomic mass is 32.2. The molecule has 0 saturated carbocycles. The lowest BCUT2D eigenvalue weighted by Crippen LogP contribution is -2.39. The maximum atomic E-state index is 12.4. The molecule has 6 nitrogen and oxygen atoms in total. The summed E-state index contributed by atoms with van der Waals surface area (Å²) in [6.45, 7) is 0.780. The molecule has 1 amide bonds. The van der Waals surface area contributed by atoms with Crippen LogP contribution in [-0.4, -0.2) is 36.8 Å². The summed E-state index contributed by atoms with van der Waals surface area (Å²) in [6, 6.07) is 5.49. The van der Waals surface area contributed by atoms with Gasteiger partial charge < -0.3 is 10.8 Å². The number of phenols is 1. The van der Waals surface area contributed by atoms with Gasteiger partial charge in [-0.25, -0.2) is 8.42 Å². The first-order valence-corrected chi connectivity index (χ1v) is 7.91. The number of hydrogen-bond acceptors (Lipinski definition) is 4. The van der Waals surface area contributed by atoms with E-state index >= 15 is 0 Å². The molecule has 1 saturated heterocycles. The Balaban J connectivity index is 2.05. The van der Waals surface area contributed by atoms with E-state index < -0.39 is 10.0 Å². The highest BCUT2D eigenvalue weighted by molar-refractivity contribution is 7.89. The first-order valence-electron chi connectivity index (χ1n) is 6.47. The number of piperidine rings is 1. The average molecular weight is 298 g/mol. The van der Waals surface area contributed by atoms with E-state index in [1.165, 1.54) is 28.6 Å². The Kier molecular flexibility index (Phi) is 4.29. The van der Waals surface area contributed by atoms with Gasteiger partial charge in [0.05, 0.1) is 4.90 Å². The van der Waals surface area contributed by atoms with E-state index in [0.29, 0.717) is 32.4 Å². The standard InChI is InChI=1S/C13H18N2O4S/c14-13(17)9-10-5-7-15(8-6-10)20(18,19)12-3-1-11(16)2-4-12/h1-4,10,16H,5-9H2,(H2,14,17). The molecule has 2 rings (SSSR count). The molecule has 0 atom stereocenters. The van der Waals surface area contributed by atoms with Crippen molar-refractivity contribution in [1.29, 1.82) is 0 Å². The van der Waals surface area contributed by atoms with Crippen LogP contribution >= 0.6 is 0 Å². The molecular weight excluding hydrogens is 280 g/mol. The summed E-state index contributed by atoms with van der Waals surface area (Å²) in [7, 11) is -3.52. The van der Waals surface area contributed by atoms with E-state index in [2.05, 4.69) is 0 Å². The van der Waals surface area contributed by atoms with E-state index in [1.807, 2.05) is 0 Å². The number of hydrogen-bond donors (Lipinski definition) is 2. The third kappa shape index (κ3) is 3.29. The maximum absolute atomic E-state index is 12.4. The van der Waals surface area contributed by atoms with Crippen molar-refractivity contribution in [3.63, 3.8) is 0 Å². The minimum atomic E-state index is -3.52. The first kappa shape index (κ1) is 14.8. The number of rotatable bonds is 4. The first-order chi connectivity index (χ1) is 9.39.